The fraction of sp³-hybridized carbons (Fsp3) is 0.286. The van der Waals surface area contributed by atoms with E-state index in [1.54, 1.807) is 6.92 Å². The number of aromatic carboxylic acids is 1. The number of hydrogen-bond acceptors (Lipinski definition) is 4. The third-order valence-corrected chi connectivity index (χ3v) is 3.23. The molecule has 1 aromatic carbocycles. The molecule has 0 radical (unpaired) electrons. The first kappa shape index (κ1) is 16.5. The number of hydrogen-bond donors (Lipinski definition) is 3. The summed E-state index contributed by atoms with van der Waals surface area (Å²) in [5.41, 5.74) is -1.01. The number of halogens is 2. The number of benzene rings is 1. The predicted molar refractivity (Wildman–Crippen MR) is 74.9 cm³/mol. The summed E-state index contributed by atoms with van der Waals surface area (Å²) < 4.78 is 28.6. The summed E-state index contributed by atoms with van der Waals surface area (Å²) in [6.07, 6.45) is 1.53. The van der Waals surface area contributed by atoms with Gasteiger partial charge in [0, 0.05) is 5.56 Å². The largest absolute Gasteiger partial charge is 0.478 e. The number of carbonyl (C=O) groups is 2. The van der Waals surface area contributed by atoms with Crippen LogP contribution >= 0.6 is 0 Å². The minimum atomic E-state index is -3.88. The average Bonchev–Trinajstić information content (AvgIpc) is 3.06. The van der Waals surface area contributed by atoms with Gasteiger partial charge in [0.15, 0.2) is 0 Å². The van der Waals surface area contributed by atoms with Crippen LogP contribution in [0.5, 0.6) is 0 Å². The van der Waals surface area contributed by atoms with Crippen LogP contribution in [0.3, 0.4) is 0 Å². The van der Waals surface area contributed by atoms with Gasteiger partial charge in [0.1, 0.15) is 12.2 Å². The van der Waals surface area contributed by atoms with Gasteiger partial charge in [-0.05, 0) is 18.6 Å². The second-order valence-electron chi connectivity index (χ2n) is 4.77. The number of amides is 1. The van der Waals surface area contributed by atoms with Gasteiger partial charge in [0.2, 0.25) is 0 Å². The molecule has 0 bridgehead atoms. The van der Waals surface area contributed by atoms with Crippen molar-refractivity contribution in [3.05, 3.63) is 47.5 Å². The van der Waals surface area contributed by atoms with Crippen LogP contribution in [-0.4, -0.2) is 32.2 Å². The smallest absolute Gasteiger partial charge is 0.349 e. The average molecular weight is 324 g/mol. The highest BCUT2D eigenvalue weighted by atomic mass is 19.3. The van der Waals surface area contributed by atoms with E-state index in [1.165, 1.54) is 12.4 Å². The lowest BCUT2D eigenvalue weighted by atomic mass is 10.0. The molecule has 0 saturated carbocycles. The zero-order valence-corrected chi connectivity index (χ0v) is 12.1. The van der Waals surface area contributed by atoms with Crippen LogP contribution in [0, 0.1) is 0 Å². The predicted octanol–water partition coefficient (Wildman–Crippen LogP) is 1.86. The Labute approximate surface area is 129 Å². The Bertz CT molecular complexity index is 704. The van der Waals surface area contributed by atoms with Gasteiger partial charge in [-0.25, -0.2) is 9.78 Å². The molecule has 0 saturated heterocycles. The maximum Gasteiger partial charge on any atom is 0.349 e. The summed E-state index contributed by atoms with van der Waals surface area (Å²) in [5.74, 6) is -6.51. The molecule has 7 nitrogen and oxygen atoms in total. The number of aromatic amines is 1. The number of rotatable bonds is 6. The van der Waals surface area contributed by atoms with Crippen molar-refractivity contribution < 1.29 is 23.5 Å². The molecule has 1 unspecified atom stereocenters. The summed E-state index contributed by atoms with van der Waals surface area (Å²) in [5, 5.41) is 17.2. The zero-order chi connectivity index (χ0) is 17.0. The highest BCUT2D eigenvalue weighted by Gasteiger charge is 2.42. The quantitative estimate of drug-likeness (QED) is 0.751. The lowest BCUT2D eigenvalue weighted by Gasteiger charge is -2.20. The van der Waals surface area contributed by atoms with Gasteiger partial charge >= 0.3 is 11.9 Å². The summed E-state index contributed by atoms with van der Waals surface area (Å²) >= 11 is 0. The van der Waals surface area contributed by atoms with E-state index in [0.717, 1.165) is 18.2 Å². The fourth-order valence-corrected chi connectivity index (χ4v) is 1.97. The highest BCUT2D eigenvalue weighted by Crippen LogP contribution is 2.30. The number of H-pyrrole nitrogens is 1. The molecule has 3 N–H and O–H groups in total. The van der Waals surface area contributed by atoms with E-state index in [2.05, 4.69) is 20.5 Å². The Morgan fingerprint density at radius 1 is 1.43 bits per heavy atom. The van der Waals surface area contributed by atoms with Crippen LogP contribution in [-0.2, 0) is 10.7 Å². The molecule has 0 spiro atoms. The van der Waals surface area contributed by atoms with Gasteiger partial charge in [0.05, 0.1) is 11.6 Å². The van der Waals surface area contributed by atoms with E-state index in [-0.39, 0.29) is 11.4 Å². The van der Waals surface area contributed by atoms with Gasteiger partial charge in [-0.15, -0.1) is 0 Å². The highest BCUT2D eigenvalue weighted by molar-refractivity contribution is 5.89. The number of alkyl halides is 2. The SMILES string of the molecule is CCC(NC(=O)C(F)(F)c1cccc(C(=O)O)c1)c1ncn[nH]1. The fourth-order valence-electron chi connectivity index (χ4n) is 1.97. The van der Waals surface area contributed by atoms with Gasteiger partial charge in [-0.2, -0.15) is 13.9 Å². The molecule has 0 aliphatic carbocycles. The topological polar surface area (TPSA) is 108 Å². The molecule has 0 aliphatic rings. The molecule has 122 valence electrons. The number of carboxylic acids is 1. The van der Waals surface area contributed by atoms with Gasteiger partial charge in [-0.3, -0.25) is 9.89 Å². The normalized spacial score (nSPS) is 12.7. The third-order valence-electron chi connectivity index (χ3n) is 3.23. The molecular formula is C14H14F2N4O3. The number of nitrogens with one attached hydrogen (secondary N) is 2. The van der Waals surface area contributed by atoms with E-state index < -0.39 is 29.4 Å². The molecule has 9 heteroatoms. The molecule has 2 rings (SSSR count). The summed E-state index contributed by atoms with van der Waals surface area (Å²) in [7, 11) is 0. The first-order valence-electron chi connectivity index (χ1n) is 6.74. The number of carboxylic acid groups (broad SMARTS) is 1. The Balaban J connectivity index is 2.22. The molecule has 2 aromatic rings. The summed E-state index contributed by atoms with van der Waals surface area (Å²) in [6.45, 7) is 1.69. The summed E-state index contributed by atoms with van der Waals surface area (Å²) in [6, 6.07) is 3.36. The minimum Gasteiger partial charge on any atom is -0.478 e. The summed E-state index contributed by atoms with van der Waals surface area (Å²) in [4.78, 5) is 26.6. The van der Waals surface area contributed by atoms with Crippen molar-refractivity contribution >= 4 is 11.9 Å². The Hall–Kier alpha value is -2.84. The van der Waals surface area contributed by atoms with Crippen molar-refractivity contribution in [3.63, 3.8) is 0 Å². The molecule has 1 aromatic heterocycles. The van der Waals surface area contributed by atoms with Crippen molar-refractivity contribution in [1.82, 2.24) is 20.5 Å². The second-order valence-corrected chi connectivity index (χ2v) is 4.77. The molecule has 0 aliphatic heterocycles. The van der Waals surface area contributed by atoms with E-state index in [9.17, 15) is 18.4 Å². The minimum absolute atomic E-state index is 0.260. The lowest BCUT2D eigenvalue weighted by Crippen LogP contribution is -2.40. The van der Waals surface area contributed by atoms with Crippen molar-refractivity contribution in [2.75, 3.05) is 0 Å². The molecule has 0 fully saturated rings. The molecule has 1 atom stereocenters. The van der Waals surface area contributed by atoms with Crippen LogP contribution in [0.15, 0.2) is 30.6 Å². The molecule has 1 amide bonds. The van der Waals surface area contributed by atoms with Crippen LogP contribution in [0.1, 0.15) is 41.1 Å². The number of carbonyl (C=O) groups excluding carboxylic acids is 1. The monoisotopic (exact) mass is 324 g/mol. The number of aromatic nitrogens is 3. The van der Waals surface area contributed by atoms with E-state index in [4.69, 9.17) is 5.11 Å². The number of nitrogens with zero attached hydrogens (tertiary/aromatic N) is 2. The van der Waals surface area contributed by atoms with Crippen LogP contribution in [0.4, 0.5) is 8.78 Å². The zero-order valence-electron chi connectivity index (χ0n) is 12.1. The molecular weight excluding hydrogens is 310 g/mol. The third kappa shape index (κ3) is 3.50. The maximum atomic E-state index is 14.3. The first-order valence-corrected chi connectivity index (χ1v) is 6.74. The van der Waals surface area contributed by atoms with Crippen molar-refractivity contribution in [1.29, 1.82) is 0 Å². The Morgan fingerprint density at radius 3 is 2.74 bits per heavy atom. The van der Waals surface area contributed by atoms with Crippen LogP contribution < -0.4 is 5.32 Å². The van der Waals surface area contributed by atoms with Crippen LogP contribution in [0.25, 0.3) is 0 Å². The van der Waals surface area contributed by atoms with E-state index >= 15 is 0 Å². The molecule has 23 heavy (non-hydrogen) atoms. The van der Waals surface area contributed by atoms with Crippen LogP contribution in [0.2, 0.25) is 0 Å². The standard InChI is InChI=1S/C14H14F2N4O3/c1-2-10(11-17-7-18-20-11)19-13(23)14(15,16)9-5-3-4-8(6-9)12(21)22/h3-7,10H,2H2,1H3,(H,19,23)(H,21,22)(H,17,18,20). The van der Waals surface area contributed by atoms with Gasteiger partial charge in [-0.1, -0.05) is 19.1 Å². The van der Waals surface area contributed by atoms with Gasteiger partial charge in [0.25, 0.3) is 5.91 Å². The lowest BCUT2D eigenvalue weighted by molar-refractivity contribution is -0.148. The van der Waals surface area contributed by atoms with Crippen molar-refractivity contribution in [2.24, 2.45) is 0 Å². The maximum absolute atomic E-state index is 14.3. The Kier molecular flexibility index (Phi) is 4.68. The van der Waals surface area contributed by atoms with E-state index in [1.807, 2.05) is 0 Å². The van der Waals surface area contributed by atoms with Crippen molar-refractivity contribution in [2.45, 2.75) is 25.3 Å². The van der Waals surface area contributed by atoms with Crippen molar-refractivity contribution in [3.8, 4) is 0 Å². The second kappa shape index (κ2) is 6.51. The Morgan fingerprint density at radius 2 is 2.17 bits per heavy atom. The molecule has 1 heterocycles. The first-order chi connectivity index (χ1) is 10.9. The van der Waals surface area contributed by atoms with Gasteiger partial charge < -0.3 is 10.4 Å². The van der Waals surface area contributed by atoms with E-state index in [0.29, 0.717) is 6.42 Å².